The Morgan fingerprint density at radius 3 is 2.75 bits per heavy atom. The molecule has 4 nitrogen and oxygen atoms in total. The molecule has 0 amide bonds. The second-order valence-electron chi connectivity index (χ2n) is 6.62. The van der Waals surface area contributed by atoms with E-state index in [0.29, 0.717) is 6.04 Å². The van der Waals surface area contributed by atoms with Gasteiger partial charge in [0.25, 0.3) is 0 Å². The van der Waals surface area contributed by atoms with Crippen molar-refractivity contribution in [2.45, 2.75) is 45.1 Å². The van der Waals surface area contributed by atoms with Crippen LogP contribution in [0.3, 0.4) is 0 Å². The number of benzene rings is 1. The molecule has 4 heteroatoms. The van der Waals surface area contributed by atoms with E-state index < -0.39 is 0 Å². The molecule has 1 saturated carbocycles. The van der Waals surface area contributed by atoms with Gasteiger partial charge < -0.3 is 5.32 Å². The Balaban J connectivity index is 1.62. The summed E-state index contributed by atoms with van der Waals surface area (Å²) in [7, 11) is 0. The highest BCUT2D eigenvalue weighted by atomic mass is 15.1. The van der Waals surface area contributed by atoms with Gasteiger partial charge >= 0.3 is 0 Å². The van der Waals surface area contributed by atoms with Crippen molar-refractivity contribution in [3.63, 3.8) is 0 Å². The number of nitrogens with one attached hydrogen (secondary N) is 1. The van der Waals surface area contributed by atoms with E-state index in [1.807, 2.05) is 18.5 Å². The molecule has 3 aromatic rings. The van der Waals surface area contributed by atoms with Gasteiger partial charge in [0, 0.05) is 29.4 Å². The van der Waals surface area contributed by atoms with E-state index in [1.165, 1.54) is 37.7 Å². The average Bonchev–Trinajstić information content (AvgIpc) is 2.63. The molecule has 1 aliphatic rings. The zero-order valence-electron chi connectivity index (χ0n) is 14.0. The summed E-state index contributed by atoms with van der Waals surface area (Å²) >= 11 is 0. The Kier molecular flexibility index (Phi) is 4.11. The van der Waals surface area contributed by atoms with Crippen molar-refractivity contribution in [2.75, 3.05) is 5.32 Å². The van der Waals surface area contributed by atoms with Crippen LogP contribution in [0.15, 0.2) is 42.7 Å². The first-order chi connectivity index (χ1) is 11.8. The summed E-state index contributed by atoms with van der Waals surface area (Å²) in [4.78, 5) is 13.7. The van der Waals surface area contributed by atoms with Crippen LogP contribution >= 0.6 is 0 Å². The van der Waals surface area contributed by atoms with Gasteiger partial charge in [0.15, 0.2) is 0 Å². The second kappa shape index (κ2) is 6.56. The topological polar surface area (TPSA) is 50.7 Å². The summed E-state index contributed by atoms with van der Waals surface area (Å²) in [5.41, 5.74) is 4.27. The SMILES string of the molecule is Cc1cccnc1-c1ccc2nc(NC3CCCCC3)ncc2c1. The van der Waals surface area contributed by atoms with Crippen molar-refractivity contribution in [3.05, 3.63) is 48.3 Å². The number of rotatable bonds is 3. The molecule has 2 heterocycles. The molecule has 122 valence electrons. The molecule has 24 heavy (non-hydrogen) atoms. The van der Waals surface area contributed by atoms with E-state index >= 15 is 0 Å². The Labute approximate surface area is 142 Å². The van der Waals surface area contributed by atoms with Gasteiger partial charge in [-0.2, -0.15) is 0 Å². The first kappa shape index (κ1) is 15.1. The quantitative estimate of drug-likeness (QED) is 0.757. The van der Waals surface area contributed by atoms with Crippen LogP contribution in [0.25, 0.3) is 22.2 Å². The molecule has 1 fully saturated rings. The predicted octanol–water partition coefficient (Wildman–Crippen LogP) is 4.74. The molecule has 0 unspecified atom stereocenters. The zero-order chi connectivity index (χ0) is 16.4. The first-order valence-electron chi connectivity index (χ1n) is 8.75. The molecule has 0 spiro atoms. The summed E-state index contributed by atoms with van der Waals surface area (Å²) in [6.07, 6.45) is 10.1. The van der Waals surface area contributed by atoms with E-state index in [2.05, 4.69) is 51.5 Å². The van der Waals surface area contributed by atoms with Gasteiger partial charge in [0.2, 0.25) is 5.95 Å². The minimum atomic E-state index is 0.520. The smallest absolute Gasteiger partial charge is 0.223 e. The highest BCUT2D eigenvalue weighted by Crippen LogP contribution is 2.25. The van der Waals surface area contributed by atoms with Crippen LogP contribution in [-0.2, 0) is 0 Å². The lowest BCUT2D eigenvalue weighted by Gasteiger charge is -2.22. The van der Waals surface area contributed by atoms with Gasteiger partial charge in [-0.3, -0.25) is 4.98 Å². The molecule has 1 aliphatic carbocycles. The lowest BCUT2D eigenvalue weighted by Crippen LogP contribution is -2.23. The maximum Gasteiger partial charge on any atom is 0.223 e. The van der Waals surface area contributed by atoms with E-state index in [9.17, 15) is 0 Å². The molecule has 4 rings (SSSR count). The van der Waals surface area contributed by atoms with E-state index in [4.69, 9.17) is 0 Å². The van der Waals surface area contributed by atoms with Gasteiger partial charge in [-0.25, -0.2) is 9.97 Å². The maximum absolute atomic E-state index is 4.68. The molecule has 0 bridgehead atoms. The highest BCUT2D eigenvalue weighted by Gasteiger charge is 2.14. The maximum atomic E-state index is 4.68. The van der Waals surface area contributed by atoms with Crippen molar-refractivity contribution in [1.82, 2.24) is 15.0 Å². The van der Waals surface area contributed by atoms with Crippen LogP contribution < -0.4 is 5.32 Å². The lowest BCUT2D eigenvalue weighted by molar-refractivity contribution is 0.461. The van der Waals surface area contributed by atoms with Gasteiger partial charge in [0.05, 0.1) is 11.2 Å². The monoisotopic (exact) mass is 318 g/mol. The van der Waals surface area contributed by atoms with Crippen LogP contribution in [0.5, 0.6) is 0 Å². The second-order valence-corrected chi connectivity index (χ2v) is 6.62. The number of anilines is 1. The molecular weight excluding hydrogens is 296 g/mol. The van der Waals surface area contributed by atoms with E-state index in [0.717, 1.165) is 28.1 Å². The summed E-state index contributed by atoms with van der Waals surface area (Å²) in [5, 5.41) is 4.54. The summed E-state index contributed by atoms with van der Waals surface area (Å²) < 4.78 is 0. The number of aromatic nitrogens is 3. The van der Waals surface area contributed by atoms with Gasteiger partial charge in [-0.15, -0.1) is 0 Å². The van der Waals surface area contributed by atoms with E-state index in [1.54, 1.807) is 0 Å². The van der Waals surface area contributed by atoms with Crippen molar-refractivity contribution in [2.24, 2.45) is 0 Å². The van der Waals surface area contributed by atoms with Crippen molar-refractivity contribution in [1.29, 1.82) is 0 Å². The normalized spacial score (nSPS) is 15.5. The lowest BCUT2D eigenvalue weighted by atomic mass is 9.96. The third-order valence-electron chi connectivity index (χ3n) is 4.80. The Bertz CT molecular complexity index is 853. The predicted molar refractivity (Wildman–Crippen MR) is 98.0 cm³/mol. The molecule has 0 aliphatic heterocycles. The Morgan fingerprint density at radius 1 is 1.04 bits per heavy atom. The Hall–Kier alpha value is -2.49. The summed E-state index contributed by atoms with van der Waals surface area (Å²) in [6, 6.07) is 10.8. The first-order valence-corrected chi connectivity index (χ1v) is 8.75. The van der Waals surface area contributed by atoms with Crippen molar-refractivity contribution in [3.8, 4) is 11.3 Å². The fourth-order valence-electron chi connectivity index (χ4n) is 3.47. The van der Waals surface area contributed by atoms with Crippen molar-refractivity contribution < 1.29 is 0 Å². The van der Waals surface area contributed by atoms with Crippen LogP contribution in [0.1, 0.15) is 37.7 Å². The highest BCUT2D eigenvalue weighted by molar-refractivity contribution is 5.84. The number of pyridine rings is 1. The molecule has 0 atom stereocenters. The number of hydrogen-bond acceptors (Lipinski definition) is 4. The third kappa shape index (κ3) is 3.09. The van der Waals surface area contributed by atoms with Crippen LogP contribution in [0.4, 0.5) is 5.95 Å². The van der Waals surface area contributed by atoms with E-state index in [-0.39, 0.29) is 0 Å². The van der Waals surface area contributed by atoms with Crippen LogP contribution in [-0.4, -0.2) is 21.0 Å². The molecule has 2 aromatic heterocycles. The molecule has 0 saturated heterocycles. The Morgan fingerprint density at radius 2 is 1.92 bits per heavy atom. The fourth-order valence-corrected chi connectivity index (χ4v) is 3.47. The minimum absolute atomic E-state index is 0.520. The number of hydrogen-bond donors (Lipinski definition) is 1. The van der Waals surface area contributed by atoms with Gasteiger partial charge in [0.1, 0.15) is 0 Å². The number of aryl methyl sites for hydroxylation is 1. The number of nitrogens with zero attached hydrogens (tertiary/aromatic N) is 3. The summed E-state index contributed by atoms with van der Waals surface area (Å²) in [6.45, 7) is 2.08. The average molecular weight is 318 g/mol. The number of fused-ring (bicyclic) bond motifs is 1. The van der Waals surface area contributed by atoms with Crippen LogP contribution in [0.2, 0.25) is 0 Å². The third-order valence-corrected chi connectivity index (χ3v) is 4.80. The van der Waals surface area contributed by atoms with Gasteiger partial charge in [-0.1, -0.05) is 31.4 Å². The molecule has 1 aromatic carbocycles. The van der Waals surface area contributed by atoms with Crippen LogP contribution in [0, 0.1) is 6.92 Å². The van der Waals surface area contributed by atoms with Crippen molar-refractivity contribution >= 4 is 16.9 Å². The van der Waals surface area contributed by atoms with Gasteiger partial charge in [-0.05, 0) is 43.5 Å². The standard InChI is InChI=1S/C20H22N4/c1-14-6-5-11-21-19(14)15-9-10-18-16(12-15)13-22-20(24-18)23-17-7-3-2-4-8-17/h5-6,9-13,17H,2-4,7-8H2,1H3,(H,22,23,24). The minimum Gasteiger partial charge on any atom is -0.351 e. The zero-order valence-corrected chi connectivity index (χ0v) is 14.0. The fraction of sp³-hybridized carbons (Fsp3) is 0.350. The molecule has 0 radical (unpaired) electrons. The summed E-state index contributed by atoms with van der Waals surface area (Å²) in [5.74, 6) is 0.746. The molecule has 1 N–H and O–H groups in total. The molecular formula is C20H22N4. The largest absolute Gasteiger partial charge is 0.351 e.